The average molecular weight is 552 g/mol. The van der Waals surface area contributed by atoms with Crippen LogP contribution in [0, 0.1) is 0 Å². The van der Waals surface area contributed by atoms with E-state index in [2.05, 4.69) is 10.3 Å². The monoisotopic (exact) mass is 551 g/mol. The lowest BCUT2D eigenvalue weighted by molar-refractivity contribution is -0.119. The Morgan fingerprint density at radius 2 is 1.74 bits per heavy atom. The third-order valence-electron chi connectivity index (χ3n) is 6.10. The predicted octanol–water partition coefficient (Wildman–Crippen LogP) is 7.04. The number of thiazole rings is 2. The quantitative estimate of drug-likeness (QED) is 0.214. The van der Waals surface area contributed by atoms with Gasteiger partial charge in [-0.05, 0) is 35.7 Å². The molecule has 9 heteroatoms. The van der Waals surface area contributed by atoms with Gasteiger partial charge in [-0.2, -0.15) is 0 Å². The van der Waals surface area contributed by atoms with Gasteiger partial charge in [0.2, 0.25) is 0 Å². The molecular weight excluding hydrogens is 530 g/mol. The second-order valence-electron chi connectivity index (χ2n) is 8.59. The Morgan fingerprint density at radius 3 is 2.59 bits per heavy atom. The molecule has 192 valence electrons. The van der Waals surface area contributed by atoms with Gasteiger partial charge in [0.1, 0.15) is 10.8 Å². The van der Waals surface area contributed by atoms with Crippen LogP contribution in [0.5, 0.6) is 5.75 Å². The lowest BCUT2D eigenvalue weighted by Crippen LogP contribution is -2.21. The number of esters is 1. The van der Waals surface area contributed by atoms with E-state index in [1.165, 1.54) is 11.3 Å². The highest BCUT2D eigenvalue weighted by atomic mass is 32.1. The van der Waals surface area contributed by atoms with Crippen molar-refractivity contribution in [2.24, 2.45) is 0 Å². The zero-order valence-electron chi connectivity index (χ0n) is 20.7. The van der Waals surface area contributed by atoms with Crippen molar-refractivity contribution >= 4 is 60.7 Å². The van der Waals surface area contributed by atoms with Crippen LogP contribution in [0.15, 0.2) is 90.3 Å². The van der Waals surface area contributed by atoms with Crippen molar-refractivity contribution in [3.05, 3.63) is 95.9 Å². The Kier molecular flexibility index (Phi) is 6.75. The first-order chi connectivity index (χ1) is 19.1. The van der Waals surface area contributed by atoms with Crippen LogP contribution in [0.2, 0.25) is 0 Å². The van der Waals surface area contributed by atoms with Crippen LogP contribution in [0.4, 0.5) is 5.13 Å². The molecule has 2 aromatic heterocycles. The van der Waals surface area contributed by atoms with Gasteiger partial charge in [0.05, 0.1) is 28.6 Å². The Labute approximate surface area is 231 Å². The highest BCUT2D eigenvalue weighted by Gasteiger charge is 2.19. The molecule has 7 nitrogen and oxygen atoms in total. The molecule has 0 saturated heterocycles. The number of amides is 1. The number of carbonyl (C=O) groups excluding carboxylic acids is 2. The SMILES string of the molecule is COc1cccc(-c2csc(NC(=O)COC(=O)c3cccc4cccc(-c5nc6ccccc6s5)c34)n2)c1. The van der Waals surface area contributed by atoms with Crippen molar-refractivity contribution < 1.29 is 19.1 Å². The highest BCUT2D eigenvalue weighted by molar-refractivity contribution is 7.21. The molecule has 0 aliphatic rings. The minimum absolute atomic E-state index is 0.379. The number of ether oxygens (including phenoxy) is 2. The fraction of sp³-hybridized carbons (Fsp3) is 0.0667. The van der Waals surface area contributed by atoms with Gasteiger partial charge in [-0.1, -0.05) is 54.6 Å². The number of aromatic nitrogens is 2. The lowest BCUT2D eigenvalue weighted by Gasteiger charge is -2.10. The maximum absolute atomic E-state index is 13.2. The number of rotatable bonds is 7. The van der Waals surface area contributed by atoms with Crippen molar-refractivity contribution in [3.8, 4) is 27.6 Å². The number of fused-ring (bicyclic) bond motifs is 2. The third-order valence-corrected chi connectivity index (χ3v) is 7.93. The van der Waals surface area contributed by atoms with E-state index in [0.29, 0.717) is 16.4 Å². The summed E-state index contributed by atoms with van der Waals surface area (Å²) in [5.41, 5.74) is 3.72. The van der Waals surface area contributed by atoms with Gasteiger partial charge in [-0.15, -0.1) is 22.7 Å². The molecule has 6 rings (SSSR count). The normalized spacial score (nSPS) is 11.0. The van der Waals surface area contributed by atoms with Crippen molar-refractivity contribution in [1.29, 1.82) is 0 Å². The number of hydrogen-bond acceptors (Lipinski definition) is 8. The van der Waals surface area contributed by atoms with E-state index in [1.54, 1.807) is 30.6 Å². The number of carbonyl (C=O) groups is 2. The van der Waals surface area contributed by atoms with E-state index >= 15 is 0 Å². The van der Waals surface area contributed by atoms with Gasteiger partial charge < -0.3 is 9.47 Å². The van der Waals surface area contributed by atoms with Crippen molar-refractivity contribution in [2.75, 3.05) is 19.0 Å². The molecule has 0 saturated carbocycles. The summed E-state index contributed by atoms with van der Waals surface area (Å²) in [6.45, 7) is -0.438. The fourth-order valence-corrected chi connectivity index (χ4v) is 6.02. The van der Waals surface area contributed by atoms with E-state index < -0.39 is 18.5 Å². The molecule has 0 bridgehead atoms. The van der Waals surface area contributed by atoms with E-state index in [0.717, 1.165) is 42.9 Å². The molecule has 0 aliphatic carbocycles. The summed E-state index contributed by atoms with van der Waals surface area (Å²) in [6.07, 6.45) is 0. The summed E-state index contributed by atoms with van der Waals surface area (Å²) >= 11 is 2.86. The summed E-state index contributed by atoms with van der Waals surface area (Å²) < 4.78 is 11.8. The van der Waals surface area contributed by atoms with E-state index in [1.807, 2.05) is 78.2 Å². The van der Waals surface area contributed by atoms with Crippen LogP contribution in [-0.2, 0) is 9.53 Å². The summed E-state index contributed by atoms with van der Waals surface area (Å²) in [5.74, 6) is -0.334. The van der Waals surface area contributed by atoms with Crippen LogP contribution in [-0.4, -0.2) is 35.6 Å². The zero-order chi connectivity index (χ0) is 26.8. The Bertz CT molecular complexity index is 1800. The second kappa shape index (κ2) is 10.6. The first-order valence-corrected chi connectivity index (χ1v) is 13.7. The maximum atomic E-state index is 13.2. The first kappa shape index (κ1) is 24.7. The van der Waals surface area contributed by atoms with Crippen LogP contribution in [0.3, 0.4) is 0 Å². The number of methoxy groups -OCH3 is 1. The average Bonchev–Trinajstić information content (AvgIpc) is 3.62. The molecule has 0 unspecified atom stereocenters. The molecular formula is C30H21N3O4S2. The van der Waals surface area contributed by atoms with E-state index in [-0.39, 0.29) is 0 Å². The van der Waals surface area contributed by atoms with E-state index in [9.17, 15) is 9.59 Å². The van der Waals surface area contributed by atoms with Crippen molar-refractivity contribution in [2.45, 2.75) is 0 Å². The molecule has 0 radical (unpaired) electrons. The smallest absolute Gasteiger partial charge is 0.339 e. The zero-order valence-corrected chi connectivity index (χ0v) is 22.3. The van der Waals surface area contributed by atoms with Crippen molar-refractivity contribution in [3.63, 3.8) is 0 Å². The molecule has 4 aromatic carbocycles. The van der Waals surface area contributed by atoms with Crippen LogP contribution >= 0.6 is 22.7 Å². The molecule has 2 heterocycles. The van der Waals surface area contributed by atoms with Gasteiger partial charge in [0.25, 0.3) is 5.91 Å². The summed E-state index contributed by atoms with van der Waals surface area (Å²) in [7, 11) is 1.60. The number of hydrogen-bond donors (Lipinski definition) is 1. The molecule has 39 heavy (non-hydrogen) atoms. The number of nitrogens with one attached hydrogen (secondary N) is 1. The predicted molar refractivity (Wildman–Crippen MR) is 156 cm³/mol. The molecule has 6 aromatic rings. The summed E-state index contributed by atoms with van der Waals surface area (Å²) in [4.78, 5) is 35.0. The number of anilines is 1. The first-order valence-electron chi connectivity index (χ1n) is 12.0. The van der Waals surface area contributed by atoms with Gasteiger partial charge in [0.15, 0.2) is 11.7 Å². The lowest BCUT2D eigenvalue weighted by atomic mass is 9.99. The molecule has 0 aliphatic heterocycles. The Morgan fingerprint density at radius 1 is 0.923 bits per heavy atom. The summed E-state index contributed by atoms with van der Waals surface area (Å²) in [6, 6.07) is 26.7. The van der Waals surface area contributed by atoms with Gasteiger partial charge in [-0.3, -0.25) is 10.1 Å². The van der Waals surface area contributed by atoms with Crippen LogP contribution in [0.1, 0.15) is 10.4 Å². The van der Waals surface area contributed by atoms with Crippen molar-refractivity contribution in [1.82, 2.24) is 9.97 Å². The maximum Gasteiger partial charge on any atom is 0.339 e. The molecule has 1 N–H and O–H groups in total. The van der Waals surface area contributed by atoms with Crippen LogP contribution in [0.25, 0.3) is 42.8 Å². The van der Waals surface area contributed by atoms with Gasteiger partial charge in [0, 0.05) is 21.9 Å². The fourth-order valence-electron chi connectivity index (χ4n) is 4.29. The minimum Gasteiger partial charge on any atom is -0.497 e. The molecule has 0 atom stereocenters. The number of para-hydroxylation sites is 1. The molecule has 0 fully saturated rings. The number of benzene rings is 4. The van der Waals surface area contributed by atoms with E-state index in [4.69, 9.17) is 14.5 Å². The Hall–Kier alpha value is -4.60. The topological polar surface area (TPSA) is 90.4 Å². The summed E-state index contributed by atoms with van der Waals surface area (Å²) in [5, 5.41) is 7.41. The van der Waals surface area contributed by atoms with Crippen LogP contribution < -0.4 is 10.1 Å². The molecule has 0 spiro atoms. The number of nitrogens with zero attached hydrogens (tertiary/aromatic N) is 2. The highest BCUT2D eigenvalue weighted by Crippen LogP contribution is 2.36. The third kappa shape index (κ3) is 5.09. The van der Waals surface area contributed by atoms with Gasteiger partial charge in [-0.25, -0.2) is 14.8 Å². The second-order valence-corrected chi connectivity index (χ2v) is 10.5. The minimum atomic E-state index is -0.583. The largest absolute Gasteiger partial charge is 0.497 e. The van der Waals surface area contributed by atoms with Gasteiger partial charge >= 0.3 is 5.97 Å². The molecule has 1 amide bonds. The standard InChI is InChI=1S/C30H21N3O4S2/c1-36-20-10-4-9-19(15-20)24-17-38-30(32-24)33-26(34)16-37-29(35)22-12-6-8-18-7-5-11-21(27(18)22)28-31-23-13-2-3-14-25(23)39-28/h2-15,17H,16H2,1H3,(H,32,33,34). The Balaban J connectivity index is 1.19.